The Bertz CT molecular complexity index is 992. The molecule has 0 bridgehead atoms. The molecule has 2 heterocycles. The SMILES string of the molecule is CCOC(=O)c1cn2c(cc1=O)-c1cc(C(F)F)c(O)cc1CC21CCC1. The molecule has 5 nitrogen and oxygen atoms in total. The molecule has 1 N–H and O–H groups in total. The molecule has 0 saturated heterocycles. The number of esters is 1. The predicted octanol–water partition coefficient (Wildman–Crippen LogP) is 3.77. The largest absolute Gasteiger partial charge is 0.507 e. The number of fused-ring (bicyclic) bond motifs is 4. The van der Waals surface area contributed by atoms with E-state index in [-0.39, 0.29) is 17.7 Å². The molecule has 27 heavy (non-hydrogen) atoms. The molecule has 1 saturated carbocycles. The first-order valence-electron chi connectivity index (χ1n) is 8.95. The van der Waals surface area contributed by atoms with Crippen LogP contribution in [0.15, 0.2) is 29.2 Å². The fourth-order valence-electron chi connectivity index (χ4n) is 4.15. The minimum atomic E-state index is -2.83. The van der Waals surface area contributed by atoms with Crippen LogP contribution in [0.4, 0.5) is 8.78 Å². The number of ether oxygens (including phenoxy) is 1. The lowest BCUT2D eigenvalue weighted by molar-refractivity contribution is 0.0521. The normalized spacial score (nSPS) is 16.6. The van der Waals surface area contributed by atoms with Crippen LogP contribution in [-0.4, -0.2) is 22.2 Å². The van der Waals surface area contributed by atoms with Gasteiger partial charge in [0.1, 0.15) is 11.3 Å². The Hall–Kier alpha value is -2.70. The zero-order valence-corrected chi connectivity index (χ0v) is 14.8. The smallest absolute Gasteiger partial charge is 0.343 e. The number of hydrogen-bond acceptors (Lipinski definition) is 4. The summed E-state index contributed by atoms with van der Waals surface area (Å²) in [7, 11) is 0. The van der Waals surface area contributed by atoms with E-state index in [2.05, 4.69) is 0 Å². The van der Waals surface area contributed by atoms with Crippen molar-refractivity contribution in [2.75, 3.05) is 6.61 Å². The predicted molar refractivity (Wildman–Crippen MR) is 94.2 cm³/mol. The number of pyridine rings is 1. The van der Waals surface area contributed by atoms with Crippen molar-refractivity contribution in [1.29, 1.82) is 0 Å². The monoisotopic (exact) mass is 375 g/mol. The van der Waals surface area contributed by atoms with E-state index in [4.69, 9.17) is 4.74 Å². The summed E-state index contributed by atoms with van der Waals surface area (Å²) in [5.74, 6) is -1.12. The maximum atomic E-state index is 13.2. The Morgan fingerprint density at radius 3 is 2.67 bits per heavy atom. The number of phenols is 1. The van der Waals surface area contributed by atoms with Crippen molar-refractivity contribution in [2.45, 2.75) is 44.6 Å². The minimum Gasteiger partial charge on any atom is -0.507 e. The number of halogens is 2. The van der Waals surface area contributed by atoms with Gasteiger partial charge in [-0.15, -0.1) is 0 Å². The van der Waals surface area contributed by atoms with Crippen LogP contribution in [0.2, 0.25) is 0 Å². The third-order valence-electron chi connectivity index (χ3n) is 5.62. The van der Waals surface area contributed by atoms with Crippen LogP contribution in [0.25, 0.3) is 11.3 Å². The topological polar surface area (TPSA) is 68.5 Å². The fraction of sp³-hybridized carbons (Fsp3) is 0.400. The van der Waals surface area contributed by atoms with Gasteiger partial charge >= 0.3 is 5.97 Å². The average Bonchev–Trinajstić information content (AvgIpc) is 2.58. The minimum absolute atomic E-state index is 0.0526. The van der Waals surface area contributed by atoms with Crippen molar-refractivity contribution in [3.63, 3.8) is 0 Å². The molecule has 2 aliphatic rings. The molecule has 1 aromatic carbocycles. The third kappa shape index (κ3) is 2.64. The van der Waals surface area contributed by atoms with Crippen LogP contribution >= 0.6 is 0 Å². The van der Waals surface area contributed by atoms with Crippen LogP contribution in [0.5, 0.6) is 5.75 Å². The summed E-state index contributed by atoms with van der Waals surface area (Å²) in [6, 6.07) is 3.94. The van der Waals surface area contributed by atoms with Crippen molar-refractivity contribution in [2.24, 2.45) is 0 Å². The van der Waals surface area contributed by atoms with Crippen molar-refractivity contribution < 1.29 is 23.4 Å². The van der Waals surface area contributed by atoms with Crippen LogP contribution in [0.3, 0.4) is 0 Å². The average molecular weight is 375 g/mol. The second kappa shape index (κ2) is 6.18. The summed E-state index contributed by atoms with van der Waals surface area (Å²) >= 11 is 0. The molecule has 1 aromatic heterocycles. The lowest BCUT2D eigenvalue weighted by Crippen LogP contribution is -2.46. The number of nitrogens with zero attached hydrogens (tertiary/aromatic N) is 1. The Labute approximate surface area is 154 Å². The highest BCUT2D eigenvalue weighted by molar-refractivity contribution is 5.89. The first-order chi connectivity index (χ1) is 12.9. The molecule has 0 atom stereocenters. The zero-order chi connectivity index (χ0) is 19.3. The Kier molecular flexibility index (Phi) is 4.05. The quantitative estimate of drug-likeness (QED) is 0.830. The van der Waals surface area contributed by atoms with Gasteiger partial charge in [0.2, 0.25) is 0 Å². The molecule has 1 aliphatic heterocycles. The van der Waals surface area contributed by atoms with Gasteiger partial charge in [0.15, 0.2) is 5.43 Å². The highest BCUT2D eigenvalue weighted by atomic mass is 19.3. The van der Waals surface area contributed by atoms with E-state index in [0.29, 0.717) is 17.7 Å². The zero-order valence-electron chi connectivity index (χ0n) is 14.8. The Morgan fingerprint density at radius 2 is 2.07 bits per heavy atom. The van der Waals surface area contributed by atoms with E-state index in [9.17, 15) is 23.5 Å². The van der Waals surface area contributed by atoms with Crippen LogP contribution < -0.4 is 5.43 Å². The van der Waals surface area contributed by atoms with Gasteiger partial charge in [0.05, 0.1) is 17.9 Å². The summed E-state index contributed by atoms with van der Waals surface area (Å²) < 4.78 is 33.3. The molecule has 7 heteroatoms. The summed E-state index contributed by atoms with van der Waals surface area (Å²) in [6.07, 6.45) is 1.93. The van der Waals surface area contributed by atoms with E-state index in [0.717, 1.165) is 24.8 Å². The fourth-order valence-corrected chi connectivity index (χ4v) is 4.15. The lowest BCUT2D eigenvalue weighted by atomic mass is 9.69. The number of aromatic nitrogens is 1. The van der Waals surface area contributed by atoms with E-state index in [1.54, 1.807) is 6.92 Å². The van der Waals surface area contributed by atoms with Crippen molar-refractivity contribution in [3.05, 3.63) is 51.3 Å². The molecule has 1 spiro atoms. The van der Waals surface area contributed by atoms with Gasteiger partial charge in [-0.05, 0) is 50.3 Å². The van der Waals surface area contributed by atoms with Gasteiger partial charge in [-0.2, -0.15) is 0 Å². The number of carbonyl (C=O) groups is 1. The molecule has 0 amide bonds. The molecule has 1 fully saturated rings. The summed E-state index contributed by atoms with van der Waals surface area (Å²) in [4.78, 5) is 24.6. The number of carbonyl (C=O) groups excluding carboxylic acids is 1. The van der Waals surface area contributed by atoms with Gasteiger partial charge in [-0.25, -0.2) is 13.6 Å². The molecule has 2 aromatic rings. The van der Waals surface area contributed by atoms with E-state index >= 15 is 0 Å². The molecular weight excluding hydrogens is 356 g/mol. The molecule has 142 valence electrons. The first kappa shape index (κ1) is 17.7. The van der Waals surface area contributed by atoms with Gasteiger partial charge in [-0.3, -0.25) is 4.79 Å². The van der Waals surface area contributed by atoms with Gasteiger partial charge in [0, 0.05) is 23.4 Å². The number of aromatic hydroxyl groups is 1. The molecule has 0 radical (unpaired) electrons. The summed E-state index contributed by atoms with van der Waals surface area (Å²) in [6.45, 7) is 1.82. The van der Waals surface area contributed by atoms with Gasteiger partial charge in [0.25, 0.3) is 6.43 Å². The maximum Gasteiger partial charge on any atom is 0.343 e. The molecule has 1 aliphatic carbocycles. The number of benzene rings is 1. The number of rotatable bonds is 3. The maximum absolute atomic E-state index is 13.2. The second-order valence-corrected chi connectivity index (χ2v) is 7.15. The third-order valence-corrected chi connectivity index (χ3v) is 5.62. The number of phenolic OH excluding ortho intramolecular Hbond substituents is 1. The van der Waals surface area contributed by atoms with E-state index in [1.807, 2.05) is 4.57 Å². The number of hydrogen-bond donors (Lipinski definition) is 1. The lowest BCUT2D eigenvalue weighted by Gasteiger charge is -2.48. The Morgan fingerprint density at radius 1 is 1.33 bits per heavy atom. The standard InChI is InChI=1S/C20H19F2NO4/c1-2-27-19(26)14-10-23-15(8-17(14)25)12-7-13(18(21)22)16(24)6-11(12)9-20(23)4-3-5-20/h6-8,10,18,24H,2-5,9H2,1H3. The van der Waals surface area contributed by atoms with Gasteiger partial charge < -0.3 is 14.4 Å². The highest BCUT2D eigenvalue weighted by Gasteiger charge is 2.43. The van der Waals surface area contributed by atoms with Crippen LogP contribution in [-0.2, 0) is 16.7 Å². The first-order valence-corrected chi connectivity index (χ1v) is 8.95. The Balaban J connectivity index is 1.95. The van der Waals surface area contributed by atoms with Crippen LogP contribution in [0, 0.1) is 0 Å². The number of alkyl halides is 2. The van der Waals surface area contributed by atoms with Crippen molar-refractivity contribution in [1.82, 2.24) is 4.57 Å². The summed E-state index contributed by atoms with van der Waals surface area (Å²) in [5, 5.41) is 9.97. The van der Waals surface area contributed by atoms with Crippen molar-refractivity contribution >= 4 is 5.97 Å². The second-order valence-electron chi connectivity index (χ2n) is 7.15. The molecule has 4 rings (SSSR count). The highest BCUT2D eigenvalue weighted by Crippen LogP contribution is 2.50. The van der Waals surface area contributed by atoms with Gasteiger partial charge in [-0.1, -0.05) is 0 Å². The van der Waals surface area contributed by atoms with Crippen LogP contribution in [0.1, 0.15) is 54.1 Å². The van der Waals surface area contributed by atoms with E-state index < -0.39 is 29.1 Å². The summed E-state index contributed by atoms with van der Waals surface area (Å²) in [5.41, 5.74) is 0.392. The van der Waals surface area contributed by atoms with E-state index in [1.165, 1.54) is 24.4 Å². The molecule has 0 unspecified atom stereocenters. The van der Waals surface area contributed by atoms with Crippen molar-refractivity contribution in [3.8, 4) is 17.0 Å². The molecular formula is C20H19F2NO4.